The van der Waals surface area contributed by atoms with Crippen molar-refractivity contribution in [2.75, 3.05) is 0 Å². The molecular weight excluding hydrogens is 96.1 g/mol. The quantitative estimate of drug-likeness (QED) is 0.522. The van der Waals surface area contributed by atoms with Crippen LogP contribution < -0.4 is 0 Å². The Bertz CT molecular complexity index is 80.0. The minimum atomic E-state index is 1.08. The van der Waals surface area contributed by atoms with E-state index < -0.39 is 0 Å². The van der Waals surface area contributed by atoms with Crippen molar-refractivity contribution < 1.29 is 0 Å². The third-order valence-corrected chi connectivity index (χ3v) is 1.05. The molecule has 0 unspecified atom stereocenters. The summed E-state index contributed by atoms with van der Waals surface area (Å²) < 4.78 is 0. The van der Waals surface area contributed by atoms with Crippen LogP contribution in [-0.2, 0) is 0 Å². The molecule has 0 heteroatoms. The fraction of sp³-hybridized carbons (Fsp3) is 0.375. The van der Waals surface area contributed by atoms with E-state index in [2.05, 4.69) is 19.6 Å². The molecule has 0 amide bonds. The van der Waals surface area contributed by atoms with E-state index in [1.807, 2.05) is 19.1 Å². The molecule has 0 saturated carbocycles. The first-order valence-corrected chi connectivity index (χ1v) is 2.96. The maximum atomic E-state index is 3.66. The molecule has 0 aliphatic carbocycles. The monoisotopic (exact) mass is 109 g/mol. The van der Waals surface area contributed by atoms with E-state index in [-0.39, 0.29) is 0 Å². The van der Waals surface area contributed by atoms with Gasteiger partial charge >= 0.3 is 0 Å². The first-order valence-electron chi connectivity index (χ1n) is 2.96. The molecule has 0 rings (SSSR count). The van der Waals surface area contributed by atoms with Gasteiger partial charge in [0.05, 0.1) is 0 Å². The molecule has 8 heavy (non-hydrogen) atoms. The maximum Gasteiger partial charge on any atom is 0.0181 e. The molecule has 0 saturated heterocycles. The Kier molecular flexibility index (Phi) is 4.33. The summed E-state index contributed by atoms with van der Waals surface area (Å²) in [5, 5.41) is 0. The van der Waals surface area contributed by atoms with Gasteiger partial charge in [-0.3, -0.25) is 0 Å². The molecule has 0 spiro atoms. The van der Waals surface area contributed by atoms with Gasteiger partial charge in [-0.05, 0) is 13.3 Å². The zero-order chi connectivity index (χ0) is 6.41. The highest BCUT2D eigenvalue weighted by Gasteiger charge is 1.90. The summed E-state index contributed by atoms with van der Waals surface area (Å²) in [6.45, 7) is 7.80. The van der Waals surface area contributed by atoms with Crippen molar-refractivity contribution in [2.24, 2.45) is 0 Å². The number of hydrogen-bond acceptors (Lipinski definition) is 0. The summed E-state index contributed by atoms with van der Waals surface area (Å²) in [4.78, 5) is 0. The van der Waals surface area contributed by atoms with Crippen molar-refractivity contribution >= 4 is 0 Å². The van der Waals surface area contributed by atoms with Crippen LogP contribution in [0.3, 0.4) is 0 Å². The molecule has 0 aromatic heterocycles. The topological polar surface area (TPSA) is 0 Å². The predicted molar refractivity (Wildman–Crippen MR) is 38.5 cm³/mol. The Morgan fingerprint density at radius 2 is 2.25 bits per heavy atom. The predicted octanol–water partition coefficient (Wildman–Crippen LogP) is 2.73. The van der Waals surface area contributed by atoms with Crippen molar-refractivity contribution in [3.8, 4) is 0 Å². The molecule has 0 bridgehead atoms. The molecule has 0 atom stereocenters. The highest BCUT2D eigenvalue weighted by atomic mass is 13.9. The lowest BCUT2D eigenvalue weighted by molar-refractivity contribution is 1.05. The summed E-state index contributed by atoms with van der Waals surface area (Å²) in [5.41, 5.74) is 0. The standard InChI is InChI=1S/C8H13/c1-4-7-8(5-2)6-3/h4-5,7H,2,6H2,1,3H3/b7-4+. The Balaban J connectivity index is 3.52. The number of rotatable bonds is 3. The van der Waals surface area contributed by atoms with Crippen LogP contribution in [0.15, 0.2) is 24.8 Å². The van der Waals surface area contributed by atoms with E-state index >= 15 is 0 Å². The van der Waals surface area contributed by atoms with Crippen LogP contribution >= 0.6 is 0 Å². The summed E-state index contributed by atoms with van der Waals surface area (Å²) in [6, 6.07) is 0. The lowest BCUT2D eigenvalue weighted by Gasteiger charge is -1.97. The second-order valence-electron chi connectivity index (χ2n) is 1.63. The van der Waals surface area contributed by atoms with Crippen LogP contribution in [-0.4, -0.2) is 0 Å². The van der Waals surface area contributed by atoms with Gasteiger partial charge in [0, 0.05) is 5.92 Å². The van der Waals surface area contributed by atoms with Crippen LogP contribution in [0.2, 0.25) is 0 Å². The zero-order valence-corrected chi connectivity index (χ0v) is 5.65. The molecule has 0 aliphatic heterocycles. The van der Waals surface area contributed by atoms with Gasteiger partial charge in [0.25, 0.3) is 0 Å². The smallest absolute Gasteiger partial charge is 0.0181 e. The molecule has 0 N–H and O–H groups in total. The first kappa shape index (κ1) is 7.48. The highest BCUT2D eigenvalue weighted by molar-refractivity contribution is 5.19. The van der Waals surface area contributed by atoms with Gasteiger partial charge in [0.1, 0.15) is 0 Å². The second-order valence-corrected chi connectivity index (χ2v) is 1.63. The van der Waals surface area contributed by atoms with Crippen LogP contribution in [0.1, 0.15) is 20.3 Å². The van der Waals surface area contributed by atoms with Gasteiger partial charge in [0.2, 0.25) is 0 Å². The van der Waals surface area contributed by atoms with E-state index in [0.717, 1.165) is 6.42 Å². The van der Waals surface area contributed by atoms with E-state index in [0.29, 0.717) is 0 Å². The molecule has 0 aromatic carbocycles. The van der Waals surface area contributed by atoms with Gasteiger partial charge in [0.15, 0.2) is 0 Å². The van der Waals surface area contributed by atoms with Crippen LogP contribution in [0.25, 0.3) is 0 Å². The average molecular weight is 109 g/mol. The zero-order valence-electron chi connectivity index (χ0n) is 5.65. The number of hydrogen-bond donors (Lipinski definition) is 0. The minimum absolute atomic E-state index is 1.08. The van der Waals surface area contributed by atoms with E-state index in [4.69, 9.17) is 0 Å². The van der Waals surface area contributed by atoms with Crippen molar-refractivity contribution in [2.45, 2.75) is 20.3 Å². The largest absolute Gasteiger partial charge is 0.102 e. The fourth-order valence-corrected chi connectivity index (χ4v) is 0.544. The third-order valence-electron chi connectivity index (χ3n) is 1.05. The summed E-state index contributed by atoms with van der Waals surface area (Å²) in [7, 11) is 0. The summed E-state index contributed by atoms with van der Waals surface area (Å²) in [6.07, 6.45) is 7.07. The normalized spacial score (nSPS) is 10.9. The average Bonchev–Trinajstić information content (AvgIpc) is 1.83. The molecular formula is C8H13. The van der Waals surface area contributed by atoms with Crippen molar-refractivity contribution in [3.05, 3.63) is 30.7 Å². The van der Waals surface area contributed by atoms with Crippen molar-refractivity contribution in [1.82, 2.24) is 0 Å². The lowest BCUT2D eigenvalue weighted by Crippen LogP contribution is -1.81. The van der Waals surface area contributed by atoms with Gasteiger partial charge < -0.3 is 0 Å². The lowest BCUT2D eigenvalue weighted by atomic mass is 10.1. The highest BCUT2D eigenvalue weighted by Crippen LogP contribution is 2.06. The van der Waals surface area contributed by atoms with E-state index in [9.17, 15) is 0 Å². The Morgan fingerprint density at radius 1 is 1.62 bits per heavy atom. The SMILES string of the molecule is C=C[C](/C=C/C)CC. The Morgan fingerprint density at radius 3 is 2.38 bits per heavy atom. The molecule has 0 fully saturated rings. The molecule has 45 valence electrons. The second kappa shape index (κ2) is 4.63. The molecule has 0 nitrogen and oxygen atoms in total. The van der Waals surface area contributed by atoms with Crippen LogP contribution in [0.5, 0.6) is 0 Å². The maximum absolute atomic E-state index is 3.66. The molecule has 0 aliphatic rings. The molecule has 1 radical (unpaired) electrons. The van der Waals surface area contributed by atoms with E-state index in [1.54, 1.807) is 0 Å². The first-order chi connectivity index (χ1) is 3.85. The minimum Gasteiger partial charge on any atom is -0.102 e. The van der Waals surface area contributed by atoms with Crippen LogP contribution in [0.4, 0.5) is 0 Å². The summed E-state index contributed by atoms with van der Waals surface area (Å²) >= 11 is 0. The Labute approximate surface area is 51.9 Å². The molecule has 0 aromatic rings. The van der Waals surface area contributed by atoms with Gasteiger partial charge in [-0.2, -0.15) is 0 Å². The Hall–Kier alpha value is -0.520. The van der Waals surface area contributed by atoms with Gasteiger partial charge in [-0.15, -0.1) is 6.58 Å². The fourth-order valence-electron chi connectivity index (χ4n) is 0.544. The summed E-state index contributed by atoms with van der Waals surface area (Å²) in [5.74, 6) is 1.30. The van der Waals surface area contributed by atoms with Crippen molar-refractivity contribution in [3.63, 3.8) is 0 Å². The van der Waals surface area contributed by atoms with Gasteiger partial charge in [-0.1, -0.05) is 25.2 Å². The van der Waals surface area contributed by atoms with Crippen LogP contribution in [0, 0.1) is 5.92 Å². The number of allylic oxidation sites excluding steroid dienone is 3. The van der Waals surface area contributed by atoms with E-state index in [1.165, 1.54) is 5.92 Å². The third kappa shape index (κ3) is 2.62. The van der Waals surface area contributed by atoms with Crippen molar-refractivity contribution in [1.29, 1.82) is 0 Å². The van der Waals surface area contributed by atoms with Gasteiger partial charge in [-0.25, -0.2) is 0 Å². The molecule has 0 heterocycles.